The predicted octanol–water partition coefficient (Wildman–Crippen LogP) is 5.65. The van der Waals surface area contributed by atoms with Gasteiger partial charge in [-0.2, -0.15) is 0 Å². The molecule has 0 aliphatic carbocycles. The summed E-state index contributed by atoms with van der Waals surface area (Å²) in [5, 5.41) is 13.5. The fraction of sp³-hybridized carbons (Fsp3) is 0.217. The second-order valence-electron chi connectivity index (χ2n) is 6.95. The number of hydrogen-bond acceptors (Lipinski definition) is 3. The van der Waals surface area contributed by atoms with Crippen LogP contribution < -0.4 is 21.3 Å². The van der Waals surface area contributed by atoms with E-state index in [4.69, 9.17) is 0 Å². The number of hydrogen-bond donors (Lipinski definition) is 4. The highest BCUT2D eigenvalue weighted by molar-refractivity contribution is 7.10. The molecule has 1 atom stereocenters. The molecule has 1 heterocycles. The van der Waals surface area contributed by atoms with Crippen molar-refractivity contribution in [3.63, 3.8) is 0 Å². The van der Waals surface area contributed by atoms with E-state index in [1.54, 1.807) is 11.3 Å². The van der Waals surface area contributed by atoms with E-state index in [9.17, 15) is 9.59 Å². The van der Waals surface area contributed by atoms with Crippen LogP contribution in [0.1, 0.15) is 35.4 Å². The van der Waals surface area contributed by atoms with Gasteiger partial charge < -0.3 is 21.3 Å². The van der Waals surface area contributed by atoms with E-state index in [0.717, 1.165) is 28.1 Å². The molecule has 0 fully saturated rings. The summed E-state index contributed by atoms with van der Waals surface area (Å²) in [7, 11) is 0. The van der Waals surface area contributed by atoms with Gasteiger partial charge in [0.15, 0.2) is 0 Å². The first-order valence-corrected chi connectivity index (χ1v) is 10.7. The van der Waals surface area contributed by atoms with Crippen LogP contribution in [0.3, 0.4) is 0 Å². The van der Waals surface area contributed by atoms with Crippen molar-refractivity contribution in [2.24, 2.45) is 0 Å². The van der Waals surface area contributed by atoms with Crippen molar-refractivity contribution in [1.29, 1.82) is 0 Å². The van der Waals surface area contributed by atoms with Crippen LogP contribution in [-0.4, -0.2) is 12.1 Å². The zero-order valence-corrected chi connectivity index (χ0v) is 17.9. The number of carbonyl (C=O) groups is 2. The van der Waals surface area contributed by atoms with Gasteiger partial charge in [0.2, 0.25) is 0 Å². The summed E-state index contributed by atoms with van der Waals surface area (Å²) in [6.07, 6.45) is 0.823. The maximum Gasteiger partial charge on any atom is 0.323 e. The molecular formula is C23H26N4O2S. The molecule has 156 valence electrons. The van der Waals surface area contributed by atoms with Crippen molar-refractivity contribution in [2.45, 2.75) is 32.9 Å². The van der Waals surface area contributed by atoms with Gasteiger partial charge >= 0.3 is 12.1 Å². The van der Waals surface area contributed by atoms with Crippen LogP contribution in [0, 0.1) is 6.92 Å². The third-order valence-corrected chi connectivity index (χ3v) is 5.50. The fourth-order valence-electron chi connectivity index (χ4n) is 3.03. The van der Waals surface area contributed by atoms with E-state index in [-0.39, 0.29) is 18.1 Å². The zero-order valence-electron chi connectivity index (χ0n) is 17.1. The lowest BCUT2D eigenvalue weighted by Gasteiger charge is -2.16. The molecule has 0 saturated heterocycles. The fourth-order valence-corrected chi connectivity index (χ4v) is 3.89. The van der Waals surface area contributed by atoms with Gasteiger partial charge in [0.1, 0.15) is 0 Å². The zero-order chi connectivity index (χ0) is 21.3. The summed E-state index contributed by atoms with van der Waals surface area (Å²) in [4.78, 5) is 25.7. The number of benzene rings is 2. The Morgan fingerprint density at radius 3 is 2.33 bits per heavy atom. The Kier molecular flexibility index (Phi) is 7.45. The summed E-state index contributed by atoms with van der Waals surface area (Å²) in [6.45, 7) is 4.38. The molecule has 0 unspecified atom stereocenters. The van der Waals surface area contributed by atoms with Gasteiger partial charge in [-0.3, -0.25) is 0 Å². The van der Waals surface area contributed by atoms with Crippen LogP contribution >= 0.6 is 11.3 Å². The number of aryl methyl sites for hydroxylation is 1. The first-order chi connectivity index (χ1) is 14.5. The van der Waals surface area contributed by atoms with Gasteiger partial charge in [0, 0.05) is 22.8 Å². The highest BCUT2D eigenvalue weighted by Gasteiger charge is 2.13. The van der Waals surface area contributed by atoms with E-state index in [1.165, 1.54) is 0 Å². The van der Waals surface area contributed by atoms with Crippen molar-refractivity contribution in [3.05, 3.63) is 82.0 Å². The third kappa shape index (κ3) is 6.35. The Morgan fingerprint density at radius 2 is 1.67 bits per heavy atom. The normalized spacial score (nSPS) is 11.4. The van der Waals surface area contributed by atoms with E-state index >= 15 is 0 Å². The summed E-state index contributed by atoms with van der Waals surface area (Å²) in [5.41, 5.74) is 3.36. The Hall–Kier alpha value is -3.32. The lowest BCUT2D eigenvalue weighted by atomic mass is 10.2. The van der Waals surface area contributed by atoms with Gasteiger partial charge in [-0.15, -0.1) is 11.3 Å². The smallest absolute Gasteiger partial charge is 0.323 e. The lowest BCUT2D eigenvalue weighted by molar-refractivity contribution is 0.236. The molecule has 2 aromatic carbocycles. The maximum atomic E-state index is 12.3. The first-order valence-electron chi connectivity index (χ1n) is 9.85. The van der Waals surface area contributed by atoms with Crippen LogP contribution in [0.2, 0.25) is 0 Å². The quantitative estimate of drug-likeness (QED) is 0.397. The number of nitrogens with one attached hydrogen (secondary N) is 4. The number of rotatable bonds is 7. The van der Waals surface area contributed by atoms with Gasteiger partial charge in [-0.1, -0.05) is 37.3 Å². The van der Waals surface area contributed by atoms with E-state index in [1.807, 2.05) is 79.9 Å². The molecule has 7 heteroatoms. The van der Waals surface area contributed by atoms with Gasteiger partial charge in [-0.25, -0.2) is 9.59 Å². The molecular weight excluding hydrogens is 396 g/mol. The van der Waals surface area contributed by atoms with Crippen LogP contribution in [0.4, 0.5) is 21.0 Å². The molecule has 3 rings (SSSR count). The van der Waals surface area contributed by atoms with Crippen molar-refractivity contribution in [3.8, 4) is 0 Å². The monoisotopic (exact) mass is 422 g/mol. The van der Waals surface area contributed by atoms with Crippen molar-refractivity contribution in [2.75, 3.05) is 10.6 Å². The number of carbonyl (C=O) groups excluding carboxylic acids is 2. The molecule has 0 radical (unpaired) electrons. The van der Waals surface area contributed by atoms with E-state index in [2.05, 4.69) is 21.3 Å². The Bertz CT molecular complexity index is 988. The molecule has 0 aliphatic rings. The van der Waals surface area contributed by atoms with Gasteiger partial charge in [0.25, 0.3) is 0 Å². The molecule has 4 amide bonds. The van der Waals surface area contributed by atoms with Gasteiger partial charge in [-0.05, 0) is 60.2 Å². The van der Waals surface area contributed by atoms with Crippen LogP contribution in [0.15, 0.2) is 66.0 Å². The van der Waals surface area contributed by atoms with Crippen molar-refractivity contribution >= 4 is 34.8 Å². The van der Waals surface area contributed by atoms with Crippen molar-refractivity contribution < 1.29 is 9.59 Å². The average molecular weight is 423 g/mol. The lowest BCUT2D eigenvalue weighted by Crippen LogP contribution is -2.37. The predicted molar refractivity (Wildman–Crippen MR) is 123 cm³/mol. The minimum Gasteiger partial charge on any atom is -0.334 e. The molecule has 0 saturated carbocycles. The highest BCUT2D eigenvalue weighted by Crippen LogP contribution is 2.21. The minimum atomic E-state index is -0.315. The number of anilines is 2. The van der Waals surface area contributed by atoms with E-state index in [0.29, 0.717) is 12.2 Å². The van der Waals surface area contributed by atoms with Gasteiger partial charge in [0.05, 0.1) is 6.04 Å². The van der Waals surface area contributed by atoms with E-state index < -0.39 is 0 Å². The summed E-state index contributed by atoms with van der Waals surface area (Å²) in [6, 6.07) is 18.5. The number of amides is 4. The molecule has 30 heavy (non-hydrogen) atoms. The number of urea groups is 2. The Labute approximate surface area is 180 Å². The van der Waals surface area contributed by atoms with Crippen LogP contribution in [0.25, 0.3) is 0 Å². The second kappa shape index (κ2) is 10.5. The molecule has 6 nitrogen and oxygen atoms in total. The number of thiophene rings is 1. The molecule has 0 aliphatic heterocycles. The Morgan fingerprint density at radius 1 is 0.933 bits per heavy atom. The maximum absolute atomic E-state index is 12.3. The summed E-state index contributed by atoms with van der Waals surface area (Å²) in [5.74, 6) is 0. The largest absolute Gasteiger partial charge is 0.334 e. The average Bonchev–Trinajstić information content (AvgIpc) is 3.25. The van der Waals surface area contributed by atoms with Crippen molar-refractivity contribution in [1.82, 2.24) is 10.6 Å². The first kappa shape index (κ1) is 21.4. The summed E-state index contributed by atoms with van der Waals surface area (Å²) < 4.78 is 0. The van der Waals surface area contributed by atoms with Crippen LogP contribution in [0.5, 0.6) is 0 Å². The molecule has 0 spiro atoms. The summed E-state index contributed by atoms with van der Waals surface area (Å²) >= 11 is 1.63. The minimum absolute atomic E-state index is 0.00307. The topological polar surface area (TPSA) is 82.3 Å². The Balaban J connectivity index is 1.51. The SMILES string of the molecule is CC[C@H](NC(=O)NCc1cccc(NC(=O)Nc2cccc(C)c2)c1)c1cccs1. The second-order valence-corrected chi connectivity index (χ2v) is 7.93. The standard InChI is InChI=1S/C23H26N4O2S/c1-3-20(21-11-6-12-30-21)27-22(28)24-15-17-8-5-10-19(14-17)26-23(29)25-18-9-4-7-16(2)13-18/h4-14,20H,3,15H2,1-2H3,(H2,24,27,28)(H2,25,26,29)/t20-/m0/s1. The third-order valence-electron chi connectivity index (χ3n) is 4.51. The molecule has 0 bridgehead atoms. The molecule has 3 aromatic rings. The highest BCUT2D eigenvalue weighted by atomic mass is 32.1. The van der Waals surface area contributed by atoms with Crippen LogP contribution in [-0.2, 0) is 6.54 Å². The molecule has 4 N–H and O–H groups in total. The molecule has 1 aromatic heterocycles.